The fourth-order valence-corrected chi connectivity index (χ4v) is 7.37. The van der Waals surface area contributed by atoms with E-state index >= 15 is 0 Å². The Labute approximate surface area is 227 Å². The summed E-state index contributed by atoms with van der Waals surface area (Å²) in [6, 6.07) is 38.9. The van der Waals surface area contributed by atoms with Crippen molar-refractivity contribution in [2.45, 2.75) is 0 Å². The van der Waals surface area contributed by atoms with Gasteiger partial charge in [-0.05, 0) is 43.4 Å². The van der Waals surface area contributed by atoms with Gasteiger partial charge < -0.3 is 0 Å². The second-order valence-corrected chi connectivity index (χ2v) is 11.5. The fraction of sp³-hybridized carbons (Fsp3) is 0. The van der Waals surface area contributed by atoms with Crippen molar-refractivity contribution in [3.05, 3.63) is 122 Å². The molecule has 0 aliphatic rings. The lowest BCUT2D eigenvalue weighted by Gasteiger charge is -2.15. The highest BCUT2D eigenvalue weighted by Crippen LogP contribution is 2.44. The summed E-state index contributed by atoms with van der Waals surface area (Å²) in [5.41, 5.74) is 4.78. The van der Waals surface area contributed by atoms with Gasteiger partial charge in [0, 0.05) is 23.5 Å². The minimum Gasteiger partial charge on any atom is -0.244 e. The molecule has 0 N–H and O–H groups in total. The van der Waals surface area contributed by atoms with Crippen LogP contribution in [0.3, 0.4) is 0 Å². The quantitative estimate of drug-likeness (QED) is 0.216. The van der Waals surface area contributed by atoms with Gasteiger partial charge in [0.25, 0.3) is 0 Å². The molecule has 2 nitrogen and oxygen atoms in total. The van der Waals surface area contributed by atoms with Crippen molar-refractivity contribution < 1.29 is 0 Å². The molecule has 0 saturated carbocycles. The normalized spacial score (nSPS) is 11.7. The Morgan fingerprint density at radius 3 is 1.29 bits per heavy atom. The topological polar surface area (TPSA) is 25.8 Å². The molecular weight excluding hydrogens is 501 g/mol. The van der Waals surface area contributed by atoms with Gasteiger partial charge in [0.05, 0.1) is 9.75 Å². The lowest BCUT2D eigenvalue weighted by atomic mass is 9.90. The lowest BCUT2D eigenvalue weighted by molar-refractivity contribution is 1.42. The van der Waals surface area contributed by atoms with E-state index < -0.39 is 0 Å². The third-order valence-corrected chi connectivity index (χ3v) is 9.41. The number of benzene rings is 6. The van der Waals surface area contributed by atoms with Crippen LogP contribution in [0.4, 0.5) is 0 Å². The molecule has 0 radical (unpaired) electrons. The van der Waals surface area contributed by atoms with Crippen molar-refractivity contribution in [2.75, 3.05) is 0 Å². The Kier molecular flexibility index (Phi) is 4.90. The molecule has 2 aromatic heterocycles. The minimum atomic E-state index is 1.05. The summed E-state index contributed by atoms with van der Waals surface area (Å²) in [6.07, 6.45) is 4.00. The second-order valence-electron chi connectivity index (χ2n) is 9.44. The zero-order valence-electron chi connectivity index (χ0n) is 20.3. The van der Waals surface area contributed by atoms with Gasteiger partial charge in [-0.15, -0.1) is 22.7 Å². The van der Waals surface area contributed by atoms with Crippen molar-refractivity contribution in [3.63, 3.8) is 0 Å². The van der Waals surface area contributed by atoms with E-state index in [0.29, 0.717) is 0 Å². The molecule has 6 aromatic carbocycles. The number of aromatic nitrogens is 2. The number of rotatable bonds is 4. The molecule has 8 aromatic rings. The van der Waals surface area contributed by atoms with E-state index in [2.05, 4.69) is 109 Å². The van der Waals surface area contributed by atoms with E-state index in [4.69, 9.17) is 9.97 Å². The van der Waals surface area contributed by atoms with Gasteiger partial charge in [-0.2, -0.15) is 0 Å². The van der Waals surface area contributed by atoms with E-state index in [0.717, 1.165) is 10.0 Å². The van der Waals surface area contributed by atoms with Crippen molar-refractivity contribution in [1.29, 1.82) is 0 Å². The molecule has 0 aliphatic carbocycles. The molecule has 0 atom stereocenters. The summed E-state index contributed by atoms with van der Waals surface area (Å²) < 4.78 is 0. The monoisotopic (exact) mass is 520 g/mol. The van der Waals surface area contributed by atoms with Crippen LogP contribution in [0.1, 0.15) is 0 Å². The second kappa shape index (κ2) is 8.59. The maximum absolute atomic E-state index is 4.85. The number of thiazole rings is 2. The molecule has 0 aliphatic heterocycles. The smallest absolute Gasteiger partial charge is 0.124 e. The molecule has 0 saturated heterocycles. The number of hydrogen-bond donors (Lipinski definition) is 0. The molecule has 0 amide bonds. The first-order valence-corrected chi connectivity index (χ1v) is 14.2. The van der Waals surface area contributed by atoms with Crippen LogP contribution >= 0.6 is 22.7 Å². The highest BCUT2D eigenvalue weighted by Gasteiger charge is 2.17. The molecule has 0 fully saturated rings. The van der Waals surface area contributed by atoms with Crippen LogP contribution in [0.25, 0.3) is 74.3 Å². The Balaban J connectivity index is 1.32. The van der Waals surface area contributed by atoms with Crippen molar-refractivity contribution in [1.82, 2.24) is 9.97 Å². The zero-order valence-corrected chi connectivity index (χ0v) is 21.9. The molecule has 8 rings (SSSR count). The first kappa shape index (κ1) is 21.7. The maximum Gasteiger partial charge on any atom is 0.124 e. The average molecular weight is 521 g/mol. The van der Waals surface area contributed by atoms with Crippen LogP contribution in [0, 0.1) is 0 Å². The molecule has 38 heavy (non-hydrogen) atoms. The zero-order chi connectivity index (χ0) is 25.1. The maximum atomic E-state index is 4.85. The summed E-state index contributed by atoms with van der Waals surface area (Å²) in [7, 11) is 0. The number of nitrogens with zero attached hydrogens (tertiary/aromatic N) is 2. The summed E-state index contributed by atoms with van der Waals surface area (Å²) in [5, 5.41) is 9.70. The molecule has 178 valence electrons. The first-order chi connectivity index (χ1) is 18.8. The Hall–Kier alpha value is -4.38. The van der Waals surface area contributed by atoms with Crippen LogP contribution in [0.5, 0.6) is 0 Å². The van der Waals surface area contributed by atoms with Gasteiger partial charge in [-0.3, -0.25) is 0 Å². The Morgan fingerprint density at radius 2 is 0.842 bits per heavy atom. The third-order valence-electron chi connectivity index (χ3n) is 7.25. The molecule has 0 spiro atoms. The average Bonchev–Trinajstić information content (AvgIpc) is 3.68. The van der Waals surface area contributed by atoms with Gasteiger partial charge in [0.15, 0.2) is 0 Å². The predicted molar refractivity (Wildman–Crippen MR) is 163 cm³/mol. The van der Waals surface area contributed by atoms with Crippen LogP contribution in [0.15, 0.2) is 122 Å². The van der Waals surface area contributed by atoms with Gasteiger partial charge in [-0.25, -0.2) is 9.97 Å². The summed E-state index contributed by atoms with van der Waals surface area (Å²) >= 11 is 3.50. The summed E-state index contributed by atoms with van der Waals surface area (Å²) in [5.74, 6) is 0. The molecule has 0 bridgehead atoms. The lowest BCUT2D eigenvalue weighted by Crippen LogP contribution is -1.88. The van der Waals surface area contributed by atoms with E-state index in [1.165, 1.54) is 64.3 Å². The van der Waals surface area contributed by atoms with Crippen molar-refractivity contribution >= 4 is 55.0 Å². The first-order valence-electron chi connectivity index (χ1n) is 12.6. The highest BCUT2D eigenvalue weighted by atomic mass is 32.1. The standard InChI is InChI=1S/C34H20N2S2/c1-3-7-21(8-4-1)29-19-35-33(37-29)27-17-13-23-12-16-26-28(18-14-24-11-15-25(27)31(23)32(24)26)34-36-20-30(38-34)22-9-5-2-6-10-22/h1-20H. The Morgan fingerprint density at radius 1 is 0.421 bits per heavy atom. The highest BCUT2D eigenvalue weighted by molar-refractivity contribution is 7.18. The Bertz CT molecular complexity index is 1920. The van der Waals surface area contributed by atoms with Crippen LogP contribution < -0.4 is 0 Å². The van der Waals surface area contributed by atoms with Gasteiger partial charge in [0.2, 0.25) is 0 Å². The predicted octanol–water partition coefficient (Wildman–Crippen LogP) is 10.2. The molecular formula is C34H20N2S2. The van der Waals surface area contributed by atoms with Crippen LogP contribution in [0.2, 0.25) is 0 Å². The largest absolute Gasteiger partial charge is 0.244 e. The van der Waals surface area contributed by atoms with Gasteiger partial charge in [0.1, 0.15) is 10.0 Å². The van der Waals surface area contributed by atoms with E-state index in [9.17, 15) is 0 Å². The minimum absolute atomic E-state index is 1.05. The number of hydrogen-bond acceptors (Lipinski definition) is 4. The van der Waals surface area contributed by atoms with Crippen LogP contribution in [-0.2, 0) is 0 Å². The summed E-state index contributed by atoms with van der Waals surface area (Å²) in [4.78, 5) is 12.1. The third kappa shape index (κ3) is 3.38. The van der Waals surface area contributed by atoms with E-state index in [1.807, 2.05) is 12.4 Å². The fourth-order valence-electron chi connectivity index (χ4n) is 5.44. The molecule has 0 unspecified atom stereocenters. The SMILES string of the molecule is c1ccc(-c2cnc(-c3ccc4ccc5c(-c6ncc(-c7ccccc7)s6)ccc6ccc3c4c65)s2)cc1. The van der Waals surface area contributed by atoms with Gasteiger partial charge in [-0.1, -0.05) is 109 Å². The van der Waals surface area contributed by atoms with Crippen LogP contribution in [-0.4, -0.2) is 9.97 Å². The van der Waals surface area contributed by atoms with E-state index in [1.54, 1.807) is 22.7 Å². The molecule has 4 heteroatoms. The molecule has 2 heterocycles. The van der Waals surface area contributed by atoms with Crippen molar-refractivity contribution in [2.24, 2.45) is 0 Å². The van der Waals surface area contributed by atoms with Crippen molar-refractivity contribution in [3.8, 4) is 42.0 Å². The summed E-state index contributed by atoms with van der Waals surface area (Å²) in [6.45, 7) is 0. The van der Waals surface area contributed by atoms with Gasteiger partial charge >= 0.3 is 0 Å². The van der Waals surface area contributed by atoms with E-state index in [-0.39, 0.29) is 0 Å².